The molecule has 0 aliphatic heterocycles. The van der Waals surface area contributed by atoms with Gasteiger partial charge in [-0.25, -0.2) is 8.42 Å². The second-order valence-corrected chi connectivity index (χ2v) is 11.6. The molecule has 0 unspecified atom stereocenters. The summed E-state index contributed by atoms with van der Waals surface area (Å²) in [6.07, 6.45) is 1.24. The molecule has 0 saturated carbocycles. The highest BCUT2D eigenvalue weighted by Crippen LogP contribution is 2.31. The maximum atomic E-state index is 12.6. The lowest BCUT2D eigenvalue weighted by molar-refractivity contribution is -0.112. The molecule has 11 nitrogen and oxygen atoms in total. The van der Waals surface area contributed by atoms with Crippen molar-refractivity contribution in [2.45, 2.75) is 23.9 Å². The predicted molar refractivity (Wildman–Crippen MR) is 132 cm³/mol. The van der Waals surface area contributed by atoms with Gasteiger partial charge in [0.05, 0.1) is 12.9 Å². The number of hydrogen-bond donors (Lipinski definition) is 1. The van der Waals surface area contributed by atoms with Gasteiger partial charge < -0.3 is 8.92 Å². The van der Waals surface area contributed by atoms with Crippen LogP contribution < -0.4 is 14.2 Å². The molecule has 1 aromatic heterocycles. The summed E-state index contributed by atoms with van der Waals surface area (Å²) in [5, 5.41) is 11.3. The number of methoxy groups -OCH3 is 1. The van der Waals surface area contributed by atoms with E-state index in [0.29, 0.717) is 17.1 Å². The SMILES string of the molecule is CCS(=O)(=O)c1nsc(NC(=O)C(C#N)=Cc2ccc(OS(=O)(=O)c3ccc(C)cc3)c(OC)c2)n1. The Morgan fingerprint density at radius 3 is 2.44 bits per heavy atom. The molecule has 0 fully saturated rings. The minimum atomic E-state index is -4.13. The monoisotopic (exact) mass is 548 g/mol. The van der Waals surface area contributed by atoms with Crippen LogP contribution in [-0.2, 0) is 24.7 Å². The number of amides is 1. The largest absolute Gasteiger partial charge is 0.493 e. The molecule has 0 radical (unpaired) electrons. The number of nitrogens with one attached hydrogen (secondary N) is 1. The molecule has 14 heteroatoms. The average Bonchev–Trinajstić information content (AvgIpc) is 3.32. The third-order valence-electron chi connectivity index (χ3n) is 4.66. The van der Waals surface area contributed by atoms with Crippen molar-refractivity contribution in [3.8, 4) is 17.6 Å². The van der Waals surface area contributed by atoms with Crippen LogP contribution in [0, 0.1) is 18.3 Å². The molecule has 1 heterocycles. The number of hydrogen-bond acceptors (Lipinski definition) is 11. The molecule has 36 heavy (non-hydrogen) atoms. The number of carbonyl (C=O) groups excluding carboxylic acids is 1. The fourth-order valence-electron chi connectivity index (χ4n) is 2.71. The van der Waals surface area contributed by atoms with Crippen molar-refractivity contribution in [3.05, 3.63) is 59.2 Å². The van der Waals surface area contributed by atoms with E-state index in [9.17, 15) is 26.9 Å². The Kier molecular flexibility index (Phi) is 8.08. The van der Waals surface area contributed by atoms with Gasteiger partial charge in [-0.2, -0.15) is 23.0 Å². The van der Waals surface area contributed by atoms with Gasteiger partial charge in [0.15, 0.2) is 11.5 Å². The quantitative estimate of drug-likeness (QED) is 0.239. The fraction of sp³-hybridized carbons (Fsp3) is 0.182. The Balaban J connectivity index is 1.82. The second-order valence-electron chi connectivity index (χ2n) is 7.17. The van der Waals surface area contributed by atoms with Crippen molar-refractivity contribution in [3.63, 3.8) is 0 Å². The molecular formula is C22H20N4O7S3. The summed E-state index contributed by atoms with van der Waals surface area (Å²) < 4.78 is 63.1. The van der Waals surface area contributed by atoms with Crippen LogP contribution in [0.3, 0.4) is 0 Å². The van der Waals surface area contributed by atoms with Crippen LogP contribution in [-0.4, -0.2) is 45.0 Å². The van der Waals surface area contributed by atoms with Gasteiger partial charge in [0.2, 0.25) is 15.0 Å². The zero-order valence-corrected chi connectivity index (χ0v) is 21.7. The summed E-state index contributed by atoms with van der Waals surface area (Å²) in [6.45, 7) is 3.26. The number of anilines is 1. The van der Waals surface area contributed by atoms with E-state index in [1.165, 1.54) is 50.4 Å². The Bertz CT molecular complexity index is 1570. The number of rotatable bonds is 9. The zero-order chi connectivity index (χ0) is 26.5. The van der Waals surface area contributed by atoms with E-state index in [-0.39, 0.29) is 32.9 Å². The van der Waals surface area contributed by atoms with Gasteiger partial charge in [-0.05, 0) is 42.8 Å². The first-order valence-corrected chi connectivity index (χ1v) is 14.0. The summed E-state index contributed by atoms with van der Waals surface area (Å²) in [4.78, 5) is 16.3. The highest BCUT2D eigenvalue weighted by Gasteiger charge is 2.21. The van der Waals surface area contributed by atoms with E-state index in [4.69, 9.17) is 8.92 Å². The van der Waals surface area contributed by atoms with Crippen LogP contribution >= 0.6 is 11.5 Å². The van der Waals surface area contributed by atoms with Crippen LogP contribution in [0.5, 0.6) is 11.5 Å². The summed E-state index contributed by atoms with van der Waals surface area (Å²) in [5.74, 6) is -1.07. The minimum absolute atomic E-state index is 0.0332. The average molecular weight is 549 g/mol. The predicted octanol–water partition coefficient (Wildman–Crippen LogP) is 2.96. The van der Waals surface area contributed by atoms with E-state index < -0.39 is 31.0 Å². The third-order valence-corrected chi connectivity index (χ3v) is 8.15. The van der Waals surface area contributed by atoms with E-state index >= 15 is 0 Å². The molecule has 0 aliphatic rings. The van der Waals surface area contributed by atoms with Crippen molar-refractivity contribution in [1.29, 1.82) is 5.26 Å². The van der Waals surface area contributed by atoms with Gasteiger partial charge in [0.25, 0.3) is 11.1 Å². The van der Waals surface area contributed by atoms with Crippen molar-refractivity contribution in [2.24, 2.45) is 0 Å². The molecule has 188 valence electrons. The van der Waals surface area contributed by atoms with E-state index in [0.717, 1.165) is 5.56 Å². The van der Waals surface area contributed by atoms with Gasteiger partial charge in [-0.15, -0.1) is 0 Å². The van der Waals surface area contributed by atoms with Crippen molar-refractivity contribution < 1.29 is 30.6 Å². The normalized spacial score (nSPS) is 12.0. The molecule has 0 bridgehead atoms. The van der Waals surface area contributed by atoms with Crippen LogP contribution in [0.1, 0.15) is 18.1 Å². The van der Waals surface area contributed by atoms with Crippen molar-refractivity contribution in [1.82, 2.24) is 9.36 Å². The molecule has 3 rings (SSSR count). The van der Waals surface area contributed by atoms with Gasteiger partial charge in [-0.1, -0.05) is 30.7 Å². The highest BCUT2D eigenvalue weighted by atomic mass is 32.2. The van der Waals surface area contributed by atoms with Gasteiger partial charge in [-0.3, -0.25) is 10.1 Å². The Morgan fingerprint density at radius 1 is 1.14 bits per heavy atom. The van der Waals surface area contributed by atoms with Gasteiger partial charge in [0.1, 0.15) is 16.5 Å². The summed E-state index contributed by atoms with van der Waals surface area (Å²) in [6, 6.07) is 12.0. The Morgan fingerprint density at radius 2 is 1.83 bits per heavy atom. The number of ether oxygens (including phenoxy) is 1. The molecule has 0 aliphatic carbocycles. The van der Waals surface area contributed by atoms with Crippen LogP contribution in [0.25, 0.3) is 6.08 Å². The van der Waals surface area contributed by atoms with E-state index in [1.54, 1.807) is 18.2 Å². The Labute approximate surface area is 212 Å². The Hall–Kier alpha value is -3.80. The number of benzene rings is 2. The fourth-order valence-corrected chi connectivity index (χ4v) is 5.23. The maximum Gasteiger partial charge on any atom is 0.339 e. The lowest BCUT2D eigenvalue weighted by Crippen LogP contribution is -2.14. The van der Waals surface area contributed by atoms with Gasteiger partial charge in [0, 0.05) is 11.5 Å². The van der Waals surface area contributed by atoms with E-state index in [1.807, 2.05) is 6.92 Å². The van der Waals surface area contributed by atoms with Gasteiger partial charge >= 0.3 is 10.1 Å². The first-order chi connectivity index (χ1) is 17.0. The molecule has 3 aromatic rings. The first-order valence-electron chi connectivity index (χ1n) is 10.2. The highest BCUT2D eigenvalue weighted by molar-refractivity contribution is 7.91. The molecule has 1 N–H and O–H groups in total. The maximum absolute atomic E-state index is 12.6. The second kappa shape index (κ2) is 10.9. The van der Waals surface area contributed by atoms with Crippen molar-refractivity contribution >= 4 is 48.6 Å². The molecule has 0 atom stereocenters. The van der Waals surface area contributed by atoms with Crippen LogP contribution in [0.2, 0.25) is 0 Å². The topological polar surface area (TPSA) is 165 Å². The number of nitriles is 1. The zero-order valence-electron chi connectivity index (χ0n) is 19.3. The van der Waals surface area contributed by atoms with Crippen LogP contribution in [0.4, 0.5) is 5.13 Å². The molecule has 0 spiro atoms. The molecule has 0 saturated heterocycles. The summed E-state index contributed by atoms with van der Waals surface area (Å²) >= 11 is 0.664. The third kappa shape index (κ3) is 6.25. The lowest BCUT2D eigenvalue weighted by atomic mass is 10.1. The number of sulfone groups is 1. The smallest absolute Gasteiger partial charge is 0.339 e. The summed E-state index contributed by atoms with van der Waals surface area (Å²) in [5.41, 5.74) is 0.899. The van der Waals surface area contributed by atoms with Crippen molar-refractivity contribution in [2.75, 3.05) is 18.2 Å². The number of aryl methyl sites for hydroxylation is 1. The first kappa shape index (κ1) is 26.8. The summed E-state index contributed by atoms with van der Waals surface area (Å²) in [7, 11) is -6.46. The van der Waals surface area contributed by atoms with Crippen LogP contribution in [0.15, 0.2) is 58.1 Å². The standard InChI is InChI=1S/C22H20N4O7S3/c1-4-35(28,29)22-25-21(34-26-22)24-20(27)16(13-23)11-15-7-10-18(19(12-15)32-3)33-36(30,31)17-8-5-14(2)6-9-17/h5-12H,4H2,1-3H3,(H,24,25,26,27). The lowest BCUT2D eigenvalue weighted by Gasteiger charge is -2.11. The molecule has 1 amide bonds. The minimum Gasteiger partial charge on any atom is -0.493 e. The number of aromatic nitrogens is 2. The van der Waals surface area contributed by atoms with E-state index in [2.05, 4.69) is 14.7 Å². The molecular weight excluding hydrogens is 528 g/mol. The number of nitrogens with zero attached hydrogens (tertiary/aromatic N) is 3. The number of carbonyl (C=O) groups is 1. The molecule has 2 aromatic carbocycles.